The van der Waals surface area contributed by atoms with E-state index in [2.05, 4.69) is 6.92 Å². The average Bonchev–Trinajstić information content (AvgIpc) is 3.08. The highest BCUT2D eigenvalue weighted by Gasteiger charge is 2.42. The second-order valence-electron chi connectivity index (χ2n) is 12.8. The van der Waals surface area contributed by atoms with E-state index >= 15 is 0 Å². The molecule has 8 heteroatoms. The van der Waals surface area contributed by atoms with Gasteiger partial charge in [0.05, 0.1) is 17.7 Å². The lowest BCUT2D eigenvalue weighted by molar-refractivity contribution is -0.206. The quantitative estimate of drug-likeness (QED) is 0.0600. The third-order valence-electron chi connectivity index (χ3n) is 8.64. The molecule has 0 amide bonds. The summed E-state index contributed by atoms with van der Waals surface area (Å²) in [6.45, 7) is 6.48. The van der Waals surface area contributed by atoms with Gasteiger partial charge in [-0.05, 0) is 85.3 Å². The molecule has 0 radical (unpaired) electrons. The zero-order valence-corrected chi connectivity index (χ0v) is 29.4. The molecule has 0 N–H and O–H groups in total. The Morgan fingerprint density at radius 1 is 0.633 bits per heavy atom. The van der Waals surface area contributed by atoms with Crippen molar-refractivity contribution in [2.45, 2.75) is 129 Å². The van der Waals surface area contributed by atoms with Crippen molar-refractivity contribution in [3.63, 3.8) is 0 Å². The largest absolute Gasteiger partial charge is 0.494 e. The number of carbonyl (C=O) groups excluding carboxylic acids is 2. The standard InChI is InChI=1S/C41H53F3O5/c1-4-6-8-10-11-12-13-14-15-17-29-47-35-25-23-33(24-26-35)32-19-21-34(22-20-32)39(45)48-36-27-28-37(31(3)30-36)40(46)49-38(41(42,43)44)18-16-9-7-5-2/h19-28,30,38H,4-18,29H2,1-3H3/t38-/m1/s1. The van der Waals surface area contributed by atoms with Gasteiger partial charge in [-0.1, -0.05) is 115 Å². The van der Waals surface area contributed by atoms with E-state index in [4.69, 9.17) is 14.2 Å². The summed E-state index contributed by atoms with van der Waals surface area (Å²) in [6, 6.07) is 19.0. The number of unbranched alkanes of at least 4 members (excludes halogenated alkanes) is 12. The molecule has 3 aromatic rings. The molecule has 0 saturated heterocycles. The first-order valence-electron chi connectivity index (χ1n) is 18.1. The van der Waals surface area contributed by atoms with Crippen LogP contribution in [-0.4, -0.2) is 30.8 Å². The van der Waals surface area contributed by atoms with Gasteiger partial charge in [-0.3, -0.25) is 0 Å². The Kier molecular flexibility index (Phi) is 17.2. The number of alkyl halides is 3. The molecule has 0 bridgehead atoms. The number of esters is 2. The Hall–Kier alpha value is -3.81. The summed E-state index contributed by atoms with van der Waals surface area (Å²) in [4.78, 5) is 25.5. The SMILES string of the molecule is CCCCCCCCCCCCOc1ccc(-c2ccc(C(=O)Oc3ccc(C(=O)O[C@H](CCCCCC)C(F)(F)F)c(C)c3)cc2)cc1. The minimum atomic E-state index is -4.65. The van der Waals surface area contributed by atoms with Crippen LogP contribution < -0.4 is 9.47 Å². The van der Waals surface area contributed by atoms with Crippen LogP contribution in [0.3, 0.4) is 0 Å². The number of hydrogen-bond donors (Lipinski definition) is 0. The highest BCUT2D eigenvalue weighted by atomic mass is 19.4. The molecule has 0 aliphatic carbocycles. The first-order valence-corrected chi connectivity index (χ1v) is 18.1. The van der Waals surface area contributed by atoms with Gasteiger partial charge in [0.25, 0.3) is 0 Å². The van der Waals surface area contributed by atoms with Crippen molar-refractivity contribution in [3.8, 4) is 22.6 Å². The van der Waals surface area contributed by atoms with Crippen LogP contribution in [0.15, 0.2) is 66.7 Å². The van der Waals surface area contributed by atoms with E-state index < -0.39 is 24.2 Å². The monoisotopic (exact) mass is 682 g/mol. The first-order chi connectivity index (χ1) is 23.6. The number of aryl methyl sites for hydroxylation is 1. The van der Waals surface area contributed by atoms with E-state index in [1.54, 1.807) is 19.1 Å². The van der Waals surface area contributed by atoms with Crippen LogP contribution in [0, 0.1) is 6.92 Å². The summed E-state index contributed by atoms with van der Waals surface area (Å²) in [7, 11) is 0. The van der Waals surface area contributed by atoms with E-state index in [1.165, 1.54) is 76.0 Å². The normalized spacial score (nSPS) is 12.0. The van der Waals surface area contributed by atoms with Crippen LogP contribution in [0.5, 0.6) is 11.5 Å². The predicted molar refractivity (Wildman–Crippen MR) is 189 cm³/mol. The van der Waals surface area contributed by atoms with Crippen LogP contribution in [0.2, 0.25) is 0 Å². The van der Waals surface area contributed by atoms with Crippen LogP contribution in [-0.2, 0) is 4.74 Å². The van der Waals surface area contributed by atoms with Gasteiger partial charge in [0.1, 0.15) is 11.5 Å². The Bertz CT molecular complexity index is 1400. The summed E-state index contributed by atoms with van der Waals surface area (Å²) in [6.07, 6.45) is 8.45. The Morgan fingerprint density at radius 3 is 1.69 bits per heavy atom. The summed E-state index contributed by atoms with van der Waals surface area (Å²) >= 11 is 0. The molecular formula is C41H53F3O5. The predicted octanol–water partition coefficient (Wildman–Crippen LogP) is 12.2. The second-order valence-corrected chi connectivity index (χ2v) is 12.8. The van der Waals surface area contributed by atoms with Crippen molar-refractivity contribution < 1.29 is 37.0 Å². The van der Waals surface area contributed by atoms with E-state index in [-0.39, 0.29) is 17.7 Å². The Labute approximate surface area is 290 Å². The lowest BCUT2D eigenvalue weighted by atomic mass is 10.0. The fourth-order valence-electron chi connectivity index (χ4n) is 5.66. The number of rotatable bonds is 22. The van der Waals surface area contributed by atoms with Crippen LogP contribution >= 0.6 is 0 Å². The fourth-order valence-corrected chi connectivity index (χ4v) is 5.66. The number of hydrogen-bond acceptors (Lipinski definition) is 5. The zero-order chi connectivity index (χ0) is 35.5. The van der Waals surface area contributed by atoms with Gasteiger partial charge in [0.15, 0.2) is 6.10 Å². The topological polar surface area (TPSA) is 61.8 Å². The molecule has 3 rings (SSSR count). The number of ether oxygens (including phenoxy) is 3. The van der Waals surface area contributed by atoms with Gasteiger partial charge in [-0.25, -0.2) is 9.59 Å². The van der Waals surface area contributed by atoms with Gasteiger partial charge >= 0.3 is 18.1 Å². The van der Waals surface area contributed by atoms with E-state index in [0.29, 0.717) is 30.6 Å². The van der Waals surface area contributed by atoms with Crippen molar-refractivity contribution in [2.24, 2.45) is 0 Å². The molecule has 3 aromatic carbocycles. The zero-order valence-electron chi connectivity index (χ0n) is 29.4. The number of halogens is 3. The molecule has 0 saturated carbocycles. The van der Waals surface area contributed by atoms with Crippen molar-refractivity contribution in [2.75, 3.05) is 6.61 Å². The average molecular weight is 683 g/mol. The fraction of sp³-hybridized carbons (Fsp3) is 0.512. The lowest BCUT2D eigenvalue weighted by Crippen LogP contribution is -2.34. The molecule has 0 spiro atoms. The molecule has 49 heavy (non-hydrogen) atoms. The summed E-state index contributed by atoms with van der Waals surface area (Å²) in [5.41, 5.74) is 2.57. The van der Waals surface area contributed by atoms with Crippen LogP contribution in [0.25, 0.3) is 11.1 Å². The molecule has 0 heterocycles. The van der Waals surface area contributed by atoms with Gasteiger partial charge in [0, 0.05) is 0 Å². The highest BCUT2D eigenvalue weighted by Crippen LogP contribution is 2.29. The second kappa shape index (κ2) is 21.3. The third-order valence-corrected chi connectivity index (χ3v) is 8.64. The van der Waals surface area contributed by atoms with Crippen molar-refractivity contribution in [3.05, 3.63) is 83.4 Å². The maximum Gasteiger partial charge on any atom is 0.425 e. The van der Waals surface area contributed by atoms with Crippen LogP contribution in [0.4, 0.5) is 13.2 Å². The lowest BCUT2D eigenvalue weighted by Gasteiger charge is -2.21. The number of benzene rings is 3. The highest BCUT2D eigenvalue weighted by molar-refractivity contribution is 5.93. The number of carbonyl (C=O) groups is 2. The van der Waals surface area contributed by atoms with E-state index in [9.17, 15) is 22.8 Å². The molecule has 0 unspecified atom stereocenters. The third kappa shape index (κ3) is 14.3. The molecule has 1 atom stereocenters. The minimum Gasteiger partial charge on any atom is -0.494 e. The van der Waals surface area contributed by atoms with Crippen molar-refractivity contribution in [1.29, 1.82) is 0 Å². The minimum absolute atomic E-state index is 0.0119. The molecular weight excluding hydrogens is 629 g/mol. The molecule has 0 aliphatic rings. The maximum absolute atomic E-state index is 13.5. The summed E-state index contributed by atoms with van der Waals surface area (Å²) < 4.78 is 56.8. The first kappa shape index (κ1) is 39.6. The van der Waals surface area contributed by atoms with E-state index in [1.807, 2.05) is 43.3 Å². The Morgan fingerprint density at radius 2 is 1.14 bits per heavy atom. The van der Waals surface area contributed by atoms with Gasteiger partial charge in [-0.2, -0.15) is 13.2 Å². The van der Waals surface area contributed by atoms with Gasteiger partial charge in [-0.15, -0.1) is 0 Å². The Balaban J connectivity index is 1.45. The van der Waals surface area contributed by atoms with Crippen LogP contribution in [0.1, 0.15) is 136 Å². The smallest absolute Gasteiger partial charge is 0.425 e. The summed E-state index contributed by atoms with van der Waals surface area (Å²) in [5, 5.41) is 0. The molecule has 0 aromatic heterocycles. The molecule has 5 nitrogen and oxygen atoms in total. The van der Waals surface area contributed by atoms with Crippen molar-refractivity contribution >= 4 is 11.9 Å². The molecule has 0 fully saturated rings. The van der Waals surface area contributed by atoms with Crippen molar-refractivity contribution in [1.82, 2.24) is 0 Å². The maximum atomic E-state index is 13.5. The van der Waals surface area contributed by atoms with Gasteiger partial charge < -0.3 is 14.2 Å². The molecule has 268 valence electrons. The summed E-state index contributed by atoms with van der Waals surface area (Å²) in [5.74, 6) is -0.654. The van der Waals surface area contributed by atoms with Gasteiger partial charge in [0.2, 0.25) is 0 Å². The van der Waals surface area contributed by atoms with E-state index in [0.717, 1.165) is 36.1 Å². The molecule has 0 aliphatic heterocycles.